The summed E-state index contributed by atoms with van der Waals surface area (Å²) in [6.07, 6.45) is 4.68. The van der Waals surface area contributed by atoms with Gasteiger partial charge in [0.25, 0.3) is 0 Å². The Kier molecular flexibility index (Phi) is 4.93. The fraction of sp³-hybridized carbons (Fsp3) is 0.444. The molecule has 0 spiro atoms. The topological polar surface area (TPSA) is 65.1 Å². The van der Waals surface area contributed by atoms with Gasteiger partial charge in [0.05, 0.1) is 11.6 Å². The molecule has 0 saturated carbocycles. The number of piperidine rings is 1. The molecule has 126 valence electrons. The normalized spacial score (nSPS) is 17.6. The number of aryl methyl sites for hydroxylation is 1. The van der Waals surface area contributed by atoms with E-state index in [1.165, 1.54) is 18.2 Å². The van der Waals surface area contributed by atoms with Crippen molar-refractivity contribution in [3.63, 3.8) is 0 Å². The Morgan fingerprint density at radius 2 is 2.17 bits per heavy atom. The third kappa shape index (κ3) is 3.48. The second-order valence-electron chi connectivity index (χ2n) is 6.37. The van der Waals surface area contributed by atoms with Crippen LogP contribution in [-0.4, -0.2) is 32.6 Å². The number of hydrogen-bond acceptors (Lipinski definition) is 4. The largest absolute Gasteiger partial charge is 0.385 e. The second kappa shape index (κ2) is 7.12. The molecule has 1 fully saturated rings. The van der Waals surface area contributed by atoms with Crippen molar-refractivity contribution in [2.75, 3.05) is 13.1 Å². The van der Waals surface area contributed by atoms with Gasteiger partial charge in [-0.25, -0.2) is 9.37 Å². The smallest absolute Gasteiger partial charge is 0.137 e. The zero-order chi connectivity index (χ0) is 17.1. The molecule has 1 aromatic carbocycles. The van der Waals surface area contributed by atoms with Crippen LogP contribution in [-0.2, 0) is 13.6 Å². The van der Waals surface area contributed by atoms with Crippen molar-refractivity contribution in [2.45, 2.75) is 25.5 Å². The molecule has 1 aliphatic rings. The van der Waals surface area contributed by atoms with Gasteiger partial charge >= 0.3 is 0 Å². The second-order valence-corrected chi connectivity index (χ2v) is 6.37. The third-order valence-corrected chi connectivity index (χ3v) is 4.78. The molecule has 1 aromatic heterocycles. The molecule has 2 aromatic rings. The monoisotopic (exact) mass is 328 g/mol. The number of aliphatic hydroxyl groups excluding tert-OH is 1. The highest BCUT2D eigenvalue weighted by Gasteiger charge is 2.28. The molecule has 1 aliphatic heterocycles. The van der Waals surface area contributed by atoms with Crippen LogP contribution in [0.1, 0.15) is 35.9 Å². The van der Waals surface area contributed by atoms with Crippen LogP contribution in [0.2, 0.25) is 0 Å². The zero-order valence-corrected chi connectivity index (χ0v) is 13.7. The zero-order valence-electron chi connectivity index (χ0n) is 13.7. The van der Waals surface area contributed by atoms with Crippen LogP contribution in [0.25, 0.3) is 0 Å². The minimum Gasteiger partial charge on any atom is -0.385 e. The molecular formula is C18H21FN4O. The van der Waals surface area contributed by atoms with Crippen molar-refractivity contribution in [3.8, 4) is 6.07 Å². The van der Waals surface area contributed by atoms with E-state index in [1.807, 2.05) is 17.8 Å². The summed E-state index contributed by atoms with van der Waals surface area (Å²) < 4.78 is 15.3. The van der Waals surface area contributed by atoms with Gasteiger partial charge in [-0.3, -0.25) is 4.90 Å². The van der Waals surface area contributed by atoms with Crippen LogP contribution in [0.15, 0.2) is 30.6 Å². The number of halogens is 1. The molecular weight excluding hydrogens is 307 g/mol. The Morgan fingerprint density at radius 1 is 1.42 bits per heavy atom. The van der Waals surface area contributed by atoms with Gasteiger partial charge in [-0.05, 0) is 55.6 Å². The Hall–Kier alpha value is -2.23. The number of likely N-dealkylation sites (tertiary alicyclic amines) is 1. The Labute approximate surface area is 141 Å². The highest BCUT2D eigenvalue weighted by molar-refractivity contribution is 5.37. The van der Waals surface area contributed by atoms with Gasteiger partial charge in [-0.1, -0.05) is 0 Å². The first kappa shape index (κ1) is 16.6. The first-order valence-electron chi connectivity index (χ1n) is 8.14. The van der Waals surface area contributed by atoms with Crippen molar-refractivity contribution < 1.29 is 9.50 Å². The van der Waals surface area contributed by atoms with Crippen molar-refractivity contribution in [2.24, 2.45) is 13.0 Å². The van der Waals surface area contributed by atoms with Crippen LogP contribution in [0.4, 0.5) is 4.39 Å². The highest BCUT2D eigenvalue weighted by Crippen LogP contribution is 2.30. The van der Waals surface area contributed by atoms with E-state index in [9.17, 15) is 9.50 Å². The van der Waals surface area contributed by atoms with E-state index >= 15 is 0 Å². The number of aromatic nitrogens is 2. The fourth-order valence-corrected chi connectivity index (χ4v) is 3.34. The average molecular weight is 328 g/mol. The van der Waals surface area contributed by atoms with E-state index in [0.29, 0.717) is 17.9 Å². The predicted octanol–water partition coefficient (Wildman–Crippen LogP) is 2.38. The fourth-order valence-electron chi connectivity index (χ4n) is 3.34. The molecule has 3 rings (SSSR count). The van der Waals surface area contributed by atoms with E-state index < -0.39 is 6.10 Å². The number of benzene rings is 1. The van der Waals surface area contributed by atoms with Crippen molar-refractivity contribution >= 4 is 0 Å². The van der Waals surface area contributed by atoms with Crippen molar-refractivity contribution in [3.05, 3.63) is 53.4 Å². The average Bonchev–Trinajstić information content (AvgIpc) is 3.01. The van der Waals surface area contributed by atoms with Gasteiger partial charge in [0.1, 0.15) is 17.7 Å². The number of nitrogens with zero attached hydrogens (tertiary/aromatic N) is 4. The summed E-state index contributed by atoms with van der Waals surface area (Å²) in [4.78, 5) is 6.44. The summed E-state index contributed by atoms with van der Waals surface area (Å²) in [5, 5.41) is 19.7. The van der Waals surface area contributed by atoms with Crippen molar-refractivity contribution in [1.29, 1.82) is 5.26 Å². The van der Waals surface area contributed by atoms with E-state index in [0.717, 1.165) is 31.5 Å². The number of nitriles is 1. The van der Waals surface area contributed by atoms with Gasteiger partial charge in [0, 0.05) is 26.0 Å². The lowest BCUT2D eigenvalue weighted by molar-refractivity contribution is 0.0492. The lowest BCUT2D eigenvalue weighted by Gasteiger charge is -2.34. The summed E-state index contributed by atoms with van der Waals surface area (Å²) in [5.74, 6) is 0.555. The molecule has 5 nitrogen and oxygen atoms in total. The molecule has 6 heteroatoms. The number of imidazole rings is 1. The predicted molar refractivity (Wildman–Crippen MR) is 87.3 cm³/mol. The molecule has 1 saturated heterocycles. The van der Waals surface area contributed by atoms with Gasteiger partial charge in [-0.2, -0.15) is 5.26 Å². The molecule has 0 aliphatic carbocycles. The maximum Gasteiger partial charge on any atom is 0.137 e. The summed E-state index contributed by atoms with van der Waals surface area (Å²) in [6.45, 7) is 2.19. The number of aliphatic hydroxyl groups is 1. The maximum atomic E-state index is 13.4. The van der Waals surface area contributed by atoms with E-state index in [1.54, 1.807) is 6.20 Å². The van der Waals surface area contributed by atoms with Crippen LogP contribution >= 0.6 is 0 Å². The lowest BCUT2D eigenvalue weighted by Crippen LogP contribution is -2.35. The standard InChI is InChI=1S/C18H21FN4O/c1-22-9-6-21-18(22)17(24)13-4-7-23(8-5-13)12-15-10-16(19)3-2-14(15)11-20/h2-3,6,9-10,13,17,24H,4-5,7-8,12H2,1H3. The highest BCUT2D eigenvalue weighted by atomic mass is 19.1. The molecule has 0 radical (unpaired) electrons. The van der Waals surface area contributed by atoms with Crippen LogP contribution in [0.3, 0.4) is 0 Å². The van der Waals surface area contributed by atoms with Crippen LogP contribution in [0, 0.1) is 23.1 Å². The quantitative estimate of drug-likeness (QED) is 0.936. The Bertz CT molecular complexity index is 744. The summed E-state index contributed by atoms with van der Waals surface area (Å²) in [5.41, 5.74) is 1.24. The van der Waals surface area contributed by atoms with Gasteiger partial charge in [0.15, 0.2) is 0 Å². The van der Waals surface area contributed by atoms with Crippen LogP contribution in [0.5, 0.6) is 0 Å². The molecule has 2 heterocycles. The number of rotatable bonds is 4. The molecule has 0 bridgehead atoms. The van der Waals surface area contributed by atoms with Crippen LogP contribution < -0.4 is 0 Å². The van der Waals surface area contributed by atoms with Gasteiger partial charge in [0.2, 0.25) is 0 Å². The molecule has 1 atom stereocenters. The first-order chi connectivity index (χ1) is 11.6. The lowest BCUT2D eigenvalue weighted by atomic mass is 9.90. The molecule has 0 amide bonds. The molecule has 1 N–H and O–H groups in total. The summed E-state index contributed by atoms with van der Waals surface area (Å²) >= 11 is 0. The minimum atomic E-state index is -0.559. The first-order valence-corrected chi connectivity index (χ1v) is 8.14. The molecule has 1 unspecified atom stereocenters. The van der Waals surface area contributed by atoms with E-state index in [4.69, 9.17) is 5.26 Å². The Morgan fingerprint density at radius 3 is 2.79 bits per heavy atom. The SMILES string of the molecule is Cn1ccnc1C(O)C1CCN(Cc2cc(F)ccc2C#N)CC1. The van der Waals surface area contributed by atoms with Gasteiger partial charge in [-0.15, -0.1) is 0 Å². The summed E-state index contributed by atoms with van der Waals surface area (Å²) in [7, 11) is 1.88. The van der Waals surface area contributed by atoms with E-state index in [2.05, 4.69) is 16.0 Å². The Balaban J connectivity index is 1.61. The summed E-state index contributed by atoms with van der Waals surface area (Å²) in [6, 6.07) is 6.40. The van der Waals surface area contributed by atoms with Gasteiger partial charge < -0.3 is 9.67 Å². The molecule has 24 heavy (non-hydrogen) atoms. The minimum absolute atomic E-state index is 0.172. The third-order valence-electron chi connectivity index (χ3n) is 4.78. The maximum absolute atomic E-state index is 13.4. The van der Waals surface area contributed by atoms with Crippen molar-refractivity contribution in [1.82, 2.24) is 14.5 Å². The van der Waals surface area contributed by atoms with E-state index in [-0.39, 0.29) is 11.7 Å². The number of hydrogen-bond donors (Lipinski definition) is 1.